The summed E-state index contributed by atoms with van der Waals surface area (Å²) in [6.45, 7) is 6.88. The van der Waals surface area contributed by atoms with Crippen LogP contribution in [0, 0.1) is 12.3 Å². The zero-order chi connectivity index (χ0) is 7.98. The highest BCUT2D eigenvalue weighted by molar-refractivity contribution is 5.19. The summed E-state index contributed by atoms with van der Waals surface area (Å²) in [6.07, 6.45) is 6.27. The standard InChI is InChI=1S/C9H10O/c1-4-7-8(5-2)9(10)6-3/h3-4,9-10H,1-2,7H2/t9-/m1/s1. The smallest absolute Gasteiger partial charge is 0.143 e. The van der Waals surface area contributed by atoms with Crippen molar-refractivity contribution in [3.8, 4) is 12.3 Å². The summed E-state index contributed by atoms with van der Waals surface area (Å²) >= 11 is 0. The van der Waals surface area contributed by atoms with E-state index >= 15 is 0 Å². The van der Waals surface area contributed by atoms with E-state index < -0.39 is 6.10 Å². The fraction of sp³-hybridized carbons (Fsp3) is 0.222. The minimum absolute atomic E-state index is 0.537. The normalized spacial score (nSPS) is 10.8. The van der Waals surface area contributed by atoms with E-state index in [1.165, 1.54) is 0 Å². The predicted molar refractivity (Wildman–Crippen MR) is 42.3 cm³/mol. The molecular weight excluding hydrogens is 124 g/mol. The molecule has 0 amide bonds. The van der Waals surface area contributed by atoms with Crippen molar-refractivity contribution in [1.82, 2.24) is 0 Å². The van der Waals surface area contributed by atoms with Gasteiger partial charge in [0.1, 0.15) is 6.10 Å². The lowest BCUT2D eigenvalue weighted by atomic mass is 10.1. The Hall–Kier alpha value is -1.22. The van der Waals surface area contributed by atoms with E-state index in [0.717, 1.165) is 0 Å². The van der Waals surface area contributed by atoms with Gasteiger partial charge in [-0.15, -0.1) is 18.7 Å². The van der Waals surface area contributed by atoms with Crippen molar-refractivity contribution in [3.05, 3.63) is 30.5 Å². The van der Waals surface area contributed by atoms with Gasteiger partial charge in [-0.3, -0.25) is 0 Å². The predicted octanol–water partition coefficient (Wildman–Crippen LogP) is 1.27. The summed E-state index contributed by atoms with van der Waals surface area (Å²) in [5.41, 5.74) is 3.15. The Kier molecular flexibility index (Phi) is 4.07. The first-order valence-electron chi connectivity index (χ1n) is 2.90. The number of terminal acetylenes is 1. The van der Waals surface area contributed by atoms with Crippen molar-refractivity contribution in [2.45, 2.75) is 12.5 Å². The Bertz CT molecular complexity index is 201. The third-order valence-electron chi connectivity index (χ3n) is 1.08. The first-order chi connectivity index (χ1) is 4.76. The van der Waals surface area contributed by atoms with Crippen LogP contribution >= 0.6 is 0 Å². The molecule has 0 rings (SSSR count). The molecule has 0 aromatic rings. The number of hydrogen-bond acceptors (Lipinski definition) is 1. The molecule has 1 heteroatoms. The van der Waals surface area contributed by atoms with E-state index in [2.05, 4.69) is 24.8 Å². The highest BCUT2D eigenvalue weighted by atomic mass is 16.3. The van der Waals surface area contributed by atoms with E-state index in [9.17, 15) is 0 Å². The van der Waals surface area contributed by atoms with Crippen molar-refractivity contribution < 1.29 is 5.11 Å². The molecule has 0 saturated carbocycles. The molecule has 0 unspecified atom stereocenters. The van der Waals surface area contributed by atoms with Crippen LogP contribution in [-0.2, 0) is 0 Å². The molecule has 10 heavy (non-hydrogen) atoms. The molecule has 0 aromatic heterocycles. The van der Waals surface area contributed by atoms with Crippen LogP contribution in [0.5, 0.6) is 0 Å². The summed E-state index contributed by atoms with van der Waals surface area (Å²) in [7, 11) is 0. The third kappa shape index (κ3) is 2.37. The Morgan fingerprint density at radius 1 is 1.80 bits per heavy atom. The fourth-order valence-electron chi connectivity index (χ4n) is 0.537. The Balaban J connectivity index is 4.25. The molecule has 0 spiro atoms. The van der Waals surface area contributed by atoms with Crippen molar-refractivity contribution in [2.24, 2.45) is 0 Å². The van der Waals surface area contributed by atoms with Gasteiger partial charge in [0, 0.05) is 5.57 Å². The van der Waals surface area contributed by atoms with E-state index in [0.29, 0.717) is 12.0 Å². The zero-order valence-corrected chi connectivity index (χ0v) is 5.80. The molecule has 0 aliphatic heterocycles. The molecule has 0 fully saturated rings. The molecule has 0 radical (unpaired) electrons. The molecule has 52 valence electrons. The molecule has 0 aromatic carbocycles. The largest absolute Gasteiger partial charge is 0.376 e. The Labute approximate surface area is 61.4 Å². The summed E-state index contributed by atoms with van der Waals surface area (Å²) in [5, 5.41) is 9.03. The minimum atomic E-state index is -0.865. The Morgan fingerprint density at radius 3 is 2.70 bits per heavy atom. The van der Waals surface area contributed by atoms with Crippen LogP contribution in [0.2, 0.25) is 0 Å². The second kappa shape index (κ2) is 4.64. The number of rotatable bonds is 3. The van der Waals surface area contributed by atoms with Gasteiger partial charge in [-0.2, -0.15) is 0 Å². The van der Waals surface area contributed by atoms with Crippen molar-refractivity contribution in [3.63, 3.8) is 0 Å². The number of hydrogen-bond donors (Lipinski definition) is 1. The van der Waals surface area contributed by atoms with Gasteiger partial charge < -0.3 is 5.11 Å². The quantitative estimate of drug-likeness (QED) is 0.350. The SMILES string of the molecule is C#C[C@@H](O)C(=C=C)CC=C. The number of aliphatic hydroxyl groups is 1. The van der Waals surface area contributed by atoms with E-state index in [4.69, 9.17) is 11.5 Å². The minimum Gasteiger partial charge on any atom is -0.376 e. The zero-order valence-electron chi connectivity index (χ0n) is 5.80. The number of aliphatic hydroxyl groups excluding tert-OH is 1. The van der Waals surface area contributed by atoms with Crippen molar-refractivity contribution in [2.75, 3.05) is 0 Å². The van der Waals surface area contributed by atoms with Gasteiger partial charge in [-0.1, -0.05) is 18.6 Å². The molecule has 0 aliphatic carbocycles. The lowest BCUT2D eigenvalue weighted by Gasteiger charge is -2.01. The third-order valence-corrected chi connectivity index (χ3v) is 1.08. The van der Waals surface area contributed by atoms with Crippen LogP contribution in [0.3, 0.4) is 0 Å². The number of allylic oxidation sites excluding steroid dienone is 1. The van der Waals surface area contributed by atoms with E-state index in [1.807, 2.05) is 0 Å². The van der Waals surface area contributed by atoms with Gasteiger partial charge in [0.2, 0.25) is 0 Å². The van der Waals surface area contributed by atoms with Crippen LogP contribution < -0.4 is 0 Å². The monoisotopic (exact) mass is 134 g/mol. The average molecular weight is 134 g/mol. The first-order valence-corrected chi connectivity index (χ1v) is 2.90. The van der Waals surface area contributed by atoms with Gasteiger partial charge in [0.05, 0.1) is 0 Å². The summed E-state index contributed by atoms with van der Waals surface area (Å²) in [6, 6.07) is 0. The summed E-state index contributed by atoms with van der Waals surface area (Å²) < 4.78 is 0. The topological polar surface area (TPSA) is 20.2 Å². The highest BCUT2D eigenvalue weighted by Crippen LogP contribution is 2.04. The van der Waals surface area contributed by atoms with Gasteiger partial charge in [0.25, 0.3) is 0 Å². The fourth-order valence-corrected chi connectivity index (χ4v) is 0.537. The molecule has 1 atom stereocenters. The molecule has 0 heterocycles. The van der Waals surface area contributed by atoms with Crippen molar-refractivity contribution in [1.29, 1.82) is 0 Å². The molecule has 0 aliphatic rings. The molecule has 1 N–H and O–H groups in total. The van der Waals surface area contributed by atoms with Gasteiger partial charge in [-0.25, -0.2) is 0 Å². The summed E-state index contributed by atoms with van der Waals surface area (Å²) in [5.74, 6) is 2.17. The molecule has 1 nitrogen and oxygen atoms in total. The maximum Gasteiger partial charge on any atom is 0.143 e. The lowest BCUT2D eigenvalue weighted by molar-refractivity contribution is 0.266. The van der Waals surface area contributed by atoms with E-state index in [-0.39, 0.29) is 0 Å². The molecule has 0 saturated heterocycles. The van der Waals surface area contributed by atoms with Crippen LogP contribution in [0.15, 0.2) is 30.5 Å². The van der Waals surface area contributed by atoms with Crippen LogP contribution in [0.1, 0.15) is 6.42 Å². The molecular formula is C9H10O. The van der Waals surface area contributed by atoms with Crippen molar-refractivity contribution >= 4 is 0 Å². The second-order valence-electron chi connectivity index (χ2n) is 1.76. The lowest BCUT2D eigenvalue weighted by Crippen LogP contribution is -2.04. The molecule has 0 bridgehead atoms. The first kappa shape index (κ1) is 8.78. The van der Waals surface area contributed by atoms with Gasteiger partial charge in [-0.05, 0) is 6.42 Å². The van der Waals surface area contributed by atoms with Crippen LogP contribution in [0.25, 0.3) is 0 Å². The maximum absolute atomic E-state index is 9.03. The van der Waals surface area contributed by atoms with Crippen LogP contribution in [0.4, 0.5) is 0 Å². The van der Waals surface area contributed by atoms with Crippen LogP contribution in [-0.4, -0.2) is 11.2 Å². The highest BCUT2D eigenvalue weighted by Gasteiger charge is 2.02. The van der Waals surface area contributed by atoms with E-state index in [1.54, 1.807) is 6.08 Å². The maximum atomic E-state index is 9.03. The van der Waals surface area contributed by atoms with Gasteiger partial charge in [0.15, 0.2) is 0 Å². The second-order valence-corrected chi connectivity index (χ2v) is 1.76. The Morgan fingerprint density at radius 2 is 2.40 bits per heavy atom. The average Bonchev–Trinajstić information content (AvgIpc) is 1.99. The van der Waals surface area contributed by atoms with Gasteiger partial charge >= 0.3 is 0 Å². The summed E-state index contributed by atoms with van der Waals surface area (Å²) in [4.78, 5) is 0.